The number of thiocyanates is 1. The molecule has 0 saturated carbocycles. The van der Waals surface area contributed by atoms with Gasteiger partial charge in [0.15, 0.2) is 0 Å². The van der Waals surface area contributed by atoms with Crippen LogP contribution in [0.4, 0.5) is 4.79 Å². The number of thiazole rings is 1. The first-order valence-electron chi connectivity index (χ1n) is 4.13. The van der Waals surface area contributed by atoms with E-state index >= 15 is 0 Å². The van der Waals surface area contributed by atoms with Crippen LogP contribution < -0.4 is 10.5 Å². The summed E-state index contributed by atoms with van der Waals surface area (Å²) in [6, 6.07) is 5.36. The molecule has 16 heavy (non-hydrogen) atoms. The number of carbonyl (C=O) groups excluding carboxylic acids is 1. The maximum atomic E-state index is 10.5. The molecule has 5 nitrogen and oxygen atoms in total. The third-order valence-electron chi connectivity index (χ3n) is 1.69. The molecule has 80 valence electrons. The Balaban J connectivity index is 2.38. The van der Waals surface area contributed by atoms with Crippen molar-refractivity contribution < 1.29 is 9.53 Å². The predicted octanol–water partition coefficient (Wildman–Crippen LogP) is 2.33. The van der Waals surface area contributed by atoms with Crippen molar-refractivity contribution in [3.05, 3.63) is 18.2 Å². The van der Waals surface area contributed by atoms with Gasteiger partial charge in [-0.15, -0.1) is 0 Å². The molecular formula is C9H5N3O2S2. The maximum absolute atomic E-state index is 10.5. The van der Waals surface area contributed by atoms with E-state index in [9.17, 15) is 4.79 Å². The van der Waals surface area contributed by atoms with Crippen molar-refractivity contribution in [1.29, 1.82) is 5.26 Å². The number of ether oxygens (including phenoxy) is 1. The second-order valence-corrected chi connectivity index (χ2v) is 4.58. The Kier molecular flexibility index (Phi) is 2.94. The van der Waals surface area contributed by atoms with Gasteiger partial charge in [0.2, 0.25) is 0 Å². The number of thioether (sulfide) groups is 1. The zero-order valence-electron chi connectivity index (χ0n) is 7.84. The molecule has 0 radical (unpaired) electrons. The topological polar surface area (TPSA) is 89.0 Å². The smallest absolute Gasteiger partial charge is 0.381 e. The van der Waals surface area contributed by atoms with E-state index in [1.165, 1.54) is 11.3 Å². The average Bonchev–Trinajstić information content (AvgIpc) is 2.58. The zero-order chi connectivity index (χ0) is 11.5. The van der Waals surface area contributed by atoms with E-state index in [2.05, 4.69) is 9.72 Å². The summed E-state index contributed by atoms with van der Waals surface area (Å²) in [4.78, 5) is 15.4. The monoisotopic (exact) mass is 251 g/mol. The van der Waals surface area contributed by atoms with E-state index < -0.39 is 6.09 Å². The van der Waals surface area contributed by atoms with Crippen LogP contribution in [0.3, 0.4) is 0 Å². The van der Waals surface area contributed by atoms with Crippen LogP contribution in [0.2, 0.25) is 0 Å². The SMILES string of the molecule is N#CSc1ccc2nc(OC(N)=O)sc2c1. The number of rotatable bonds is 2. The highest BCUT2D eigenvalue weighted by molar-refractivity contribution is 8.03. The lowest BCUT2D eigenvalue weighted by Gasteiger charge is -1.90. The molecule has 0 atom stereocenters. The fourth-order valence-corrected chi connectivity index (χ4v) is 2.48. The largest absolute Gasteiger partial charge is 0.411 e. The van der Waals surface area contributed by atoms with Crippen LogP contribution >= 0.6 is 23.1 Å². The third-order valence-corrected chi connectivity index (χ3v) is 3.17. The average molecular weight is 251 g/mol. The van der Waals surface area contributed by atoms with Crippen LogP contribution in [0.15, 0.2) is 23.1 Å². The number of fused-ring (bicyclic) bond motifs is 1. The van der Waals surface area contributed by atoms with E-state index in [0.29, 0.717) is 5.52 Å². The van der Waals surface area contributed by atoms with E-state index in [1.807, 2.05) is 11.5 Å². The summed E-state index contributed by atoms with van der Waals surface area (Å²) in [5, 5.41) is 10.7. The Morgan fingerprint density at radius 3 is 3.12 bits per heavy atom. The number of amides is 1. The van der Waals surface area contributed by atoms with Crippen molar-refractivity contribution in [2.24, 2.45) is 5.73 Å². The first-order valence-corrected chi connectivity index (χ1v) is 5.76. The Morgan fingerprint density at radius 1 is 1.62 bits per heavy atom. The van der Waals surface area contributed by atoms with Gasteiger partial charge in [-0.2, -0.15) is 5.26 Å². The van der Waals surface area contributed by atoms with Gasteiger partial charge in [0, 0.05) is 4.90 Å². The van der Waals surface area contributed by atoms with Gasteiger partial charge in [-0.3, -0.25) is 0 Å². The van der Waals surface area contributed by atoms with Crippen LogP contribution in [0, 0.1) is 10.7 Å². The summed E-state index contributed by atoms with van der Waals surface area (Å²) in [6.07, 6.45) is -0.884. The summed E-state index contributed by atoms with van der Waals surface area (Å²) in [6.45, 7) is 0. The van der Waals surface area contributed by atoms with E-state index in [1.54, 1.807) is 12.1 Å². The van der Waals surface area contributed by atoms with Gasteiger partial charge in [0.1, 0.15) is 5.40 Å². The van der Waals surface area contributed by atoms with Crippen molar-refractivity contribution in [2.75, 3.05) is 0 Å². The van der Waals surface area contributed by atoms with Gasteiger partial charge in [-0.25, -0.2) is 9.78 Å². The third kappa shape index (κ3) is 2.24. The molecule has 1 heterocycles. The Bertz CT molecular complexity index is 588. The Labute approximate surface area is 98.8 Å². The molecule has 0 aliphatic carbocycles. The Morgan fingerprint density at radius 2 is 2.44 bits per heavy atom. The number of nitriles is 1. The molecular weight excluding hydrogens is 246 g/mol. The highest BCUT2D eigenvalue weighted by Crippen LogP contribution is 2.30. The molecule has 2 N–H and O–H groups in total. The molecule has 2 rings (SSSR count). The van der Waals surface area contributed by atoms with Gasteiger partial charge in [0.05, 0.1) is 10.2 Å². The number of benzene rings is 1. The lowest BCUT2D eigenvalue weighted by Crippen LogP contribution is -2.15. The first-order chi connectivity index (χ1) is 7.69. The van der Waals surface area contributed by atoms with Gasteiger partial charge >= 0.3 is 6.09 Å². The van der Waals surface area contributed by atoms with Crippen LogP contribution in [0.25, 0.3) is 10.2 Å². The van der Waals surface area contributed by atoms with Crippen LogP contribution in [0.5, 0.6) is 5.19 Å². The number of hydrogen-bond acceptors (Lipinski definition) is 6. The van der Waals surface area contributed by atoms with Gasteiger partial charge in [-0.1, -0.05) is 11.3 Å². The Hall–Kier alpha value is -1.78. The summed E-state index contributed by atoms with van der Waals surface area (Å²) in [7, 11) is 0. The number of aromatic nitrogens is 1. The molecule has 2 aromatic rings. The molecule has 0 saturated heterocycles. The molecule has 7 heteroatoms. The number of hydrogen-bond donors (Lipinski definition) is 1. The van der Waals surface area contributed by atoms with E-state index in [-0.39, 0.29) is 5.19 Å². The number of nitrogens with two attached hydrogens (primary N) is 1. The van der Waals surface area contributed by atoms with Crippen molar-refractivity contribution >= 4 is 39.4 Å². The van der Waals surface area contributed by atoms with Crippen molar-refractivity contribution in [3.63, 3.8) is 0 Å². The van der Waals surface area contributed by atoms with Gasteiger partial charge in [-0.05, 0) is 30.0 Å². The van der Waals surface area contributed by atoms with Crippen molar-refractivity contribution in [1.82, 2.24) is 4.98 Å². The highest BCUT2D eigenvalue weighted by Gasteiger charge is 2.07. The zero-order valence-corrected chi connectivity index (χ0v) is 9.47. The second kappa shape index (κ2) is 4.38. The molecule has 0 unspecified atom stereocenters. The summed E-state index contributed by atoms with van der Waals surface area (Å²) < 4.78 is 5.52. The predicted molar refractivity (Wildman–Crippen MR) is 61.3 cm³/mol. The summed E-state index contributed by atoms with van der Waals surface area (Å²) in [5.74, 6) is 0. The lowest BCUT2D eigenvalue weighted by atomic mass is 10.3. The summed E-state index contributed by atoms with van der Waals surface area (Å²) in [5.41, 5.74) is 5.59. The van der Waals surface area contributed by atoms with Crippen molar-refractivity contribution in [3.8, 4) is 10.6 Å². The minimum absolute atomic E-state index is 0.210. The molecule has 0 aliphatic heterocycles. The normalized spacial score (nSPS) is 9.94. The van der Waals surface area contributed by atoms with E-state index in [0.717, 1.165) is 21.4 Å². The van der Waals surface area contributed by atoms with Crippen LogP contribution in [0.1, 0.15) is 0 Å². The van der Waals surface area contributed by atoms with Gasteiger partial charge in [0.25, 0.3) is 5.19 Å². The molecule has 1 amide bonds. The highest BCUT2D eigenvalue weighted by atomic mass is 32.2. The van der Waals surface area contributed by atoms with Gasteiger partial charge < -0.3 is 10.5 Å². The fourth-order valence-electron chi connectivity index (χ4n) is 1.13. The maximum Gasteiger partial charge on any atom is 0.411 e. The molecule has 1 aromatic carbocycles. The number of nitrogens with zero attached hydrogens (tertiary/aromatic N) is 2. The quantitative estimate of drug-likeness (QED) is 0.653. The van der Waals surface area contributed by atoms with Crippen LogP contribution in [-0.2, 0) is 0 Å². The second-order valence-electron chi connectivity index (χ2n) is 2.72. The number of primary amides is 1. The standard InChI is InChI=1S/C9H5N3O2S2/c10-4-15-5-1-2-6-7(3-5)16-9(12-6)14-8(11)13/h1-3H,(H2,11,13). The molecule has 0 aliphatic rings. The van der Waals surface area contributed by atoms with E-state index in [4.69, 9.17) is 11.0 Å². The fraction of sp³-hybridized carbons (Fsp3) is 0. The molecule has 0 fully saturated rings. The molecule has 0 spiro atoms. The number of carbonyl (C=O) groups is 1. The van der Waals surface area contributed by atoms with Crippen LogP contribution in [-0.4, -0.2) is 11.1 Å². The summed E-state index contributed by atoms with van der Waals surface area (Å²) >= 11 is 2.27. The van der Waals surface area contributed by atoms with Crippen molar-refractivity contribution in [2.45, 2.75) is 4.90 Å². The molecule has 0 bridgehead atoms. The minimum atomic E-state index is -0.884. The lowest BCUT2D eigenvalue weighted by molar-refractivity contribution is 0.211. The molecule has 1 aromatic heterocycles. The minimum Gasteiger partial charge on any atom is -0.381 e. The first kappa shape index (κ1) is 10.7.